The van der Waals surface area contributed by atoms with Crippen molar-refractivity contribution in [2.75, 3.05) is 6.61 Å². The molecule has 1 aliphatic heterocycles. The van der Waals surface area contributed by atoms with Gasteiger partial charge in [-0.05, 0) is 85.9 Å². The molecule has 0 bridgehead atoms. The maximum absolute atomic E-state index is 14.3. The smallest absolute Gasteiger partial charge is 0.335 e. The van der Waals surface area contributed by atoms with E-state index in [-0.39, 0.29) is 24.1 Å². The van der Waals surface area contributed by atoms with Crippen molar-refractivity contribution in [1.29, 1.82) is 0 Å². The van der Waals surface area contributed by atoms with E-state index >= 15 is 0 Å². The fraction of sp³-hybridized carbons (Fsp3) is 0.375. The lowest BCUT2D eigenvalue weighted by molar-refractivity contribution is -0.0590. The van der Waals surface area contributed by atoms with Crippen LogP contribution in [0.15, 0.2) is 60.7 Å². The van der Waals surface area contributed by atoms with Crippen molar-refractivity contribution >= 4 is 28.6 Å². The third-order valence-electron chi connectivity index (χ3n) is 8.33. The van der Waals surface area contributed by atoms with Crippen molar-refractivity contribution in [1.82, 2.24) is 9.55 Å². The summed E-state index contributed by atoms with van der Waals surface area (Å²) in [4.78, 5) is 16.5. The van der Waals surface area contributed by atoms with Gasteiger partial charge in [0.25, 0.3) is 0 Å². The number of rotatable bonds is 9. The fourth-order valence-electron chi connectivity index (χ4n) is 5.98. The van der Waals surface area contributed by atoms with E-state index < -0.39 is 5.97 Å². The van der Waals surface area contributed by atoms with Crippen LogP contribution in [0.4, 0.5) is 4.39 Å². The van der Waals surface area contributed by atoms with Crippen LogP contribution in [-0.4, -0.2) is 33.3 Å². The van der Waals surface area contributed by atoms with Crippen LogP contribution in [0, 0.1) is 11.7 Å². The molecule has 0 spiro atoms. The second kappa shape index (κ2) is 11.6. The molecule has 1 saturated carbocycles. The number of benzene rings is 3. The van der Waals surface area contributed by atoms with Crippen LogP contribution in [0.3, 0.4) is 0 Å². The summed E-state index contributed by atoms with van der Waals surface area (Å²) < 4.78 is 28.3. The molecule has 1 N–H and O–H groups in total. The van der Waals surface area contributed by atoms with Crippen molar-refractivity contribution in [3.63, 3.8) is 0 Å². The van der Waals surface area contributed by atoms with E-state index in [0.29, 0.717) is 29.0 Å². The first-order chi connectivity index (χ1) is 19.4. The summed E-state index contributed by atoms with van der Waals surface area (Å²) in [6, 6.07) is 17.9. The molecular weight excluding hydrogens is 531 g/mol. The van der Waals surface area contributed by atoms with Gasteiger partial charge in [-0.25, -0.2) is 14.2 Å². The van der Waals surface area contributed by atoms with Crippen molar-refractivity contribution in [2.24, 2.45) is 5.92 Å². The number of ether oxygens (including phenoxy) is 2. The van der Waals surface area contributed by atoms with Crippen molar-refractivity contribution in [3.05, 3.63) is 94.0 Å². The molecule has 6 nitrogen and oxygen atoms in total. The minimum Gasteiger partial charge on any atom is -0.489 e. The highest BCUT2D eigenvalue weighted by Crippen LogP contribution is 2.41. The maximum atomic E-state index is 14.3. The van der Waals surface area contributed by atoms with E-state index in [2.05, 4.69) is 10.6 Å². The summed E-state index contributed by atoms with van der Waals surface area (Å²) in [5.41, 5.74) is 3.62. The Morgan fingerprint density at radius 3 is 2.60 bits per heavy atom. The molecule has 4 aromatic rings. The van der Waals surface area contributed by atoms with E-state index in [0.717, 1.165) is 67.7 Å². The van der Waals surface area contributed by atoms with Crippen molar-refractivity contribution < 1.29 is 23.8 Å². The molecule has 1 saturated heterocycles. The molecule has 0 amide bonds. The minimum absolute atomic E-state index is 0.151. The Morgan fingerprint density at radius 2 is 1.88 bits per heavy atom. The highest BCUT2D eigenvalue weighted by molar-refractivity contribution is 6.30. The van der Waals surface area contributed by atoms with Gasteiger partial charge in [-0.2, -0.15) is 0 Å². The number of nitrogens with zero attached hydrogens (tertiary/aromatic N) is 2. The predicted molar refractivity (Wildman–Crippen MR) is 152 cm³/mol. The zero-order valence-corrected chi connectivity index (χ0v) is 22.9. The van der Waals surface area contributed by atoms with E-state index in [4.69, 9.17) is 26.1 Å². The Hall–Kier alpha value is -3.42. The van der Waals surface area contributed by atoms with Crippen LogP contribution in [-0.2, 0) is 24.3 Å². The van der Waals surface area contributed by atoms with Crippen LogP contribution < -0.4 is 4.74 Å². The third-order valence-corrected chi connectivity index (χ3v) is 8.56. The van der Waals surface area contributed by atoms with Gasteiger partial charge in [-0.15, -0.1) is 0 Å². The van der Waals surface area contributed by atoms with E-state index in [9.17, 15) is 14.3 Å². The first-order valence-corrected chi connectivity index (χ1v) is 14.3. The summed E-state index contributed by atoms with van der Waals surface area (Å²) in [6.07, 6.45) is 6.21. The Bertz CT molecular complexity index is 1520. The largest absolute Gasteiger partial charge is 0.489 e. The van der Waals surface area contributed by atoms with Crippen molar-refractivity contribution in [2.45, 2.75) is 63.7 Å². The fourth-order valence-corrected chi connectivity index (χ4v) is 6.14. The van der Waals surface area contributed by atoms with Crippen LogP contribution >= 0.6 is 11.6 Å². The Morgan fingerprint density at radius 1 is 1.07 bits per heavy atom. The molecule has 0 radical (unpaired) electrons. The molecule has 1 aromatic heterocycles. The van der Waals surface area contributed by atoms with Gasteiger partial charge < -0.3 is 19.1 Å². The number of hydrogen-bond acceptors (Lipinski definition) is 4. The van der Waals surface area contributed by atoms with Crippen LogP contribution in [0.25, 0.3) is 11.0 Å². The standard InChI is InChI=1S/C32H32ClFN2O4/c33-24-11-9-23(27(34)17-24)19-40-30-4-2-1-3-26(30)21-7-5-20(6-8-21)15-31-35-28-12-10-22(32(37)38)16-29(28)36(31)18-25-13-14-39-25/h1-4,9-12,16-17,20-21,25H,5-8,13-15,18-19H2,(H,37,38). The number of hydrogen-bond donors (Lipinski definition) is 1. The van der Waals surface area contributed by atoms with Gasteiger partial charge >= 0.3 is 5.97 Å². The summed E-state index contributed by atoms with van der Waals surface area (Å²) in [5, 5.41) is 9.88. The average molecular weight is 563 g/mol. The molecule has 3 aromatic carbocycles. The summed E-state index contributed by atoms with van der Waals surface area (Å²) in [6.45, 7) is 1.62. The quantitative estimate of drug-likeness (QED) is 0.230. The molecule has 1 atom stereocenters. The zero-order chi connectivity index (χ0) is 27.6. The lowest BCUT2D eigenvalue weighted by atomic mass is 9.77. The number of aromatic nitrogens is 2. The van der Waals surface area contributed by atoms with Crippen molar-refractivity contribution in [3.8, 4) is 5.75 Å². The number of halogens is 2. The van der Waals surface area contributed by atoms with Crippen LogP contribution in [0.1, 0.15) is 65.3 Å². The van der Waals surface area contributed by atoms with Gasteiger partial charge in [-0.1, -0.05) is 35.9 Å². The van der Waals surface area contributed by atoms with Crippen LogP contribution in [0.5, 0.6) is 5.75 Å². The first-order valence-electron chi connectivity index (χ1n) is 13.9. The summed E-state index contributed by atoms with van der Waals surface area (Å²) in [5.74, 6) is 1.38. The normalized spacial score (nSPS) is 20.8. The second-order valence-electron chi connectivity index (χ2n) is 10.9. The van der Waals surface area contributed by atoms with Crippen LogP contribution in [0.2, 0.25) is 5.02 Å². The average Bonchev–Trinajstić information content (AvgIpc) is 3.26. The highest BCUT2D eigenvalue weighted by atomic mass is 35.5. The number of aromatic carboxylic acids is 1. The summed E-state index contributed by atoms with van der Waals surface area (Å²) in [7, 11) is 0. The van der Waals surface area contributed by atoms with Gasteiger partial charge in [0.1, 0.15) is 24.0 Å². The maximum Gasteiger partial charge on any atom is 0.335 e. The van der Waals surface area contributed by atoms with Gasteiger partial charge in [0, 0.05) is 23.6 Å². The number of carbonyl (C=O) groups is 1. The van der Waals surface area contributed by atoms with Gasteiger partial charge in [0.2, 0.25) is 0 Å². The summed E-state index contributed by atoms with van der Waals surface area (Å²) >= 11 is 5.89. The van der Waals surface area contributed by atoms with E-state index in [1.54, 1.807) is 24.3 Å². The number of imidazole rings is 1. The van der Waals surface area contributed by atoms with Gasteiger partial charge in [0.15, 0.2) is 0 Å². The molecule has 208 valence electrons. The van der Waals surface area contributed by atoms with Gasteiger partial charge in [-0.3, -0.25) is 0 Å². The first kappa shape index (κ1) is 26.8. The van der Waals surface area contributed by atoms with Gasteiger partial charge in [0.05, 0.1) is 29.2 Å². The number of carboxylic acids is 1. The lowest BCUT2D eigenvalue weighted by Crippen LogP contribution is -2.32. The predicted octanol–water partition coefficient (Wildman–Crippen LogP) is 7.41. The molecule has 40 heavy (non-hydrogen) atoms. The molecule has 2 fully saturated rings. The lowest BCUT2D eigenvalue weighted by Gasteiger charge is -2.31. The molecular formula is C32H32ClFN2O4. The number of para-hydroxylation sites is 1. The molecule has 8 heteroatoms. The van der Waals surface area contributed by atoms with E-state index in [1.807, 2.05) is 24.3 Å². The Labute approximate surface area is 237 Å². The molecule has 2 heterocycles. The monoisotopic (exact) mass is 562 g/mol. The Balaban J connectivity index is 1.14. The van der Waals surface area contributed by atoms with E-state index in [1.165, 1.54) is 11.6 Å². The molecule has 2 aliphatic rings. The highest BCUT2D eigenvalue weighted by Gasteiger charge is 2.28. The SMILES string of the molecule is O=C(O)c1ccc2nc(CC3CCC(c4ccccc4OCc4ccc(Cl)cc4F)CC3)n(CC3CCO3)c2c1. The zero-order valence-electron chi connectivity index (χ0n) is 22.2. The topological polar surface area (TPSA) is 73.6 Å². The second-order valence-corrected chi connectivity index (χ2v) is 11.3. The third kappa shape index (κ3) is 5.72. The molecule has 1 aliphatic carbocycles. The number of carboxylic acid groups (broad SMARTS) is 1. The molecule has 1 unspecified atom stereocenters. The Kier molecular flexibility index (Phi) is 7.76. The molecule has 6 rings (SSSR count). The number of fused-ring (bicyclic) bond motifs is 1. The minimum atomic E-state index is -0.933.